The van der Waals surface area contributed by atoms with Gasteiger partial charge in [0.1, 0.15) is 0 Å². The number of aromatic nitrogens is 2. The molecule has 0 bridgehead atoms. The van der Waals surface area contributed by atoms with Crippen LogP contribution in [0, 0.1) is 5.92 Å². The summed E-state index contributed by atoms with van der Waals surface area (Å²) in [4.78, 5) is 38.1. The van der Waals surface area contributed by atoms with E-state index in [-0.39, 0.29) is 48.8 Å². The second-order valence-electron chi connectivity index (χ2n) is 6.59. The number of fused-ring (bicyclic) bond motifs is 1. The molecule has 2 fully saturated rings. The molecule has 1 saturated heterocycles. The molecule has 1 aliphatic carbocycles. The molecule has 3 rings (SSSR count). The van der Waals surface area contributed by atoms with Crippen molar-refractivity contribution in [3.05, 3.63) is 18.0 Å². The predicted molar refractivity (Wildman–Crippen MR) is 90.1 cm³/mol. The van der Waals surface area contributed by atoms with E-state index in [0.29, 0.717) is 31.6 Å². The molecule has 1 aromatic rings. The minimum absolute atomic E-state index is 0.0429. The fourth-order valence-corrected chi connectivity index (χ4v) is 3.67. The quantitative estimate of drug-likeness (QED) is 0.717. The molecule has 2 N–H and O–H groups in total. The molecular weight excluding hydrogens is 340 g/mol. The molecule has 0 aromatic carbocycles. The zero-order valence-electron chi connectivity index (χ0n) is 14.8. The second-order valence-corrected chi connectivity index (χ2v) is 6.59. The van der Waals surface area contributed by atoms with Crippen LogP contribution in [0.25, 0.3) is 0 Å². The highest BCUT2D eigenvalue weighted by molar-refractivity contribution is 5.94. The molecule has 0 unspecified atom stereocenters. The van der Waals surface area contributed by atoms with Gasteiger partial charge in [-0.25, -0.2) is 0 Å². The Bertz CT molecular complexity index is 648. The van der Waals surface area contributed by atoms with E-state index >= 15 is 0 Å². The molecule has 1 saturated carbocycles. The van der Waals surface area contributed by atoms with Crippen LogP contribution in [0.4, 0.5) is 0 Å². The minimum atomic E-state index is -0.355. The van der Waals surface area contributed by atoms with Crippen molar-refractivity contribution in [2.24, 2.45) is 5.92 Å². The van der Waals surface area contributed by atoms with Gasteiger partial charge in [0, 0.05) is 25.2 Å². The Morgan fingerprint density at radius 3 is 3.00 bits per heavy atom. The van der Waals surface area contributed by atoms with Crippen LogP contribution in [0.15, 0.2) is 12.4 Å². The van der Waals surface area contributed by atoms with Crippen molar-refractivity contribution in [2.45, 2.75) is 37.8 Å². The number of ether oxygens (including phenoxy) is 2. The van der Waals surface area contributed by atoms with Crippen molar-refractivity contribution in [2.75, 3.05) is 26.8 Å². The van der Waals surface area contributed by atoms with Crippen LogP contribution in [-0.4, -0.2) is 71.8 Å². The highest BCUT2D eigenvalue weighted by Crippen LogP contribution is 2.33. The Hall–Kier alpha value is -2.42. The molecule has 1 aromatic heterocycles. The van der Waals surface area contributed by atoms with E-state index in [1.54, 1.807) is 11.1 Å². The Kier molecular flexibility index (Phi) is 5.87. The Morgan fingerprint density at radius 2 is 2.27 bits per heavy atom. The van der Waals surface area contributed by atoms with Gasteiger partial charge in [-0.2, -0.15) is 5.10 Å². The molecule has 0 spiro atoms. The van der Waals surface area contributed by atoms with Crippen molar-refractivity contribution in [3.63, 3.8) is 0 Å². The molecule has 0 radical (unpaired) electrons. The number of nitrogens with zero attached hydrogens (tertiary/aromatic N) is 2. The lowest BCUT2D eigenvalue weighted by Crippen LogP contribution is -2.57. The molecule has 142 valence electrons. The van der Waals surface area contributed by atoms with Crippen LogP contribution >= 0.6 is 0 Å². The molecular formula is C17H24N4O5. The number of rotatable bonds is 5. The summed E-state index contributed by atoms with van der Waals surface area (Å²) < 4.78 is 10.4. The van der Waals surface area contributed by atoms with Gasteiger partial charge in [0.2, 0.25) is 5.91 Å². The molecule has 3 atom stereocenters. The van der Waals surface area contributed by atoms with Crippen LogP contribution in [0.1, 0.15) is 36.0 Å². The summed E-state index contributed by atoms with van der Waals surface area (Å²) in [6.45, 7) is 1.26. The normalized spacial score (nSPS) is 25.3. The average Bonchev–Trinajstić information content (AvgIpc) is 3.21. The maximum atomic E-state index is 12.7. The fourth-order valence-electron chi connectivity index (χ4n) is 3.67. The van der Waals surface area contributed by atoms with Gasteiger partial charge < -0.3 is 19.7 Å². The molecule has 9 heteroatoms. The first-order valence-electron chi connectivity index (χ1n) is 8.86. The standard InChI is InChI=1S/C17H24N4O5/c1-25-15(22)4-5-18-16(23)11-2-3-14-13(8-11)21(6-7-26-14)17(24)12-9-19-20-10-12/h9-11,13-14H,2-8H2,1H3,(H,18,23)(H,19,20)/t11-,13+,14+/m0/s1. The second kappa shape index (κ2) is 8.31. The average molecular weight is 364 g/mol. The molecule has 1 aliphatic heterocycles. The van der Waals surface area contributed by atoms with Crippen molar-refractivity contribution in [1.29, 1.82) is 0 Å². The van der Waals surface area contributed by atoms with Crippen LogP contribution in [-0.2, 0) is 19.1 Å². The lowest BCUT2D eigenvalue weighted by atomic mass is 9.81. The minimum Gasteiger partial charge on any atom is -0.469 e. The number of esters is 1. The monoisotopic (exact) mass is 364 g/mol. The lowest BCUT2D eigenvalue weighted by molar-refractivity contribution is -0.140. The summed E-state index contributed by atoms with van der Waals surface area (Å²) in [5.41, 5.74) is 0.510. The third kappa shape index (κ3) is 4.04. The summed E-state index contributed by atoms with van der Waals surface area (Å²) in [6, 6.07) is -0.128. The van der Waals surface area contributed by atoms with Crippen molar-refractivity contribution in [3.8, 4) is 0 Å². The van der Waals surface area contributed by atoms with Gasteiger partial charge in [0.05, 0.1) is 44.0 Å². The summed E-state index contributed by atoms with van der Waals surface area (Å²) in [5.74, 6) is -0.737. The van der Waals surface area contributed by atoms with Crippen molar-refractivity contribution in [1.82, 2.24) is 20.4 Å². The Balaban J connectivity index is 1.60. The largest absolute Gasteiger partial charge is 0.469 e. The zero-order valence-corrected chi connectivity index (χ0v) is 14.8. The molecule has 2 aliphatic rings. The van der Waals surface area contributed by atoms with E-state index in [4.69, 9.17) is 4.74 Å². The number of amides is 2. The third-order valence-corrected chi connectivity index (χ3v) is 5.05. The number of methoxy groups -OCH3 is 1. The number of hydrogen-bond donors (Lipinski definition) is 2. The molecule has 9 nitrogen and oxygen atoms in total. The first-order valence-corrected chi connectivity index (χ1v) is 8.86. The number of H-pyrrole nitrogens is 1. The Morgan fingerprint density at radius 1 is 1.42 bits per heavy atom. The molecule has 2 amide bonds. The van der Waals surface area contributed by atoms with Gasteiger partial charge >= 0.3 is 5.97 Å². The first-order chi connectivity index (χ1) is 12.6. The van der Waals surface area contributed by atoms with Crippen LogP contribution in [0.5, 0.6) is 0 Å². The van der Waals surface area contributed by atoms with E-state index in [9.17, 15) is 14.4 Å². The van der Waals surface area contributed by atoms with Crippen molar-refractivity contribution >= 4 is 17.8 Å². The van der Waals surface area contributed by atoms with Gasteiger partial charge in [0.25, 0.3) is 5.91 Å². The number of aromatic amines is 1. The SMILES string of the molecule is COC(=O)CCNC(=O)[C@H]1CC[C@H]2OCCN(C(=O)c3cn[nH]c3)[C@@H]2C1. The predicted octanol–water partition coefficient (Wildman–Crippen LogP) is 0.0987. The smallest absolute Gasteiger partial charge is 0.307 e. The highest BCUT2D eigenvalue weighted by Gasteiger charge is 2.42. The van der Waals surface area contributed by atoms with Crippen molar-refractivity contribution < 1.29 is 23.9 Å². The summed E-state index contributed by atoms with van der Waals surface area (Å²) in [7, 11) is 1.32. The number of hydrogen-bond acceptors (Lipinski definition) is 6. The van der Waals surface area contributed by atoms with Gasteiger partial charge in [-0.3, -0.25) is 19.5 Å². The van der Waals surface area contributed by atoms with E-state index in [2.05, 4.69) is 20.3 Å². The van der Waals surface area contributed by atoms with E-state index in [1.165, 1.54) is 13.3 Å². The number of carbonyl (C=O) groups is 3. The number of nitrogens with one attached hydrogen (secondary N) is 2. The molecule has 2 heterocycles. The topological polar surface area (TPSA) is 114 Å². The summed E-state index contributed by atoms with van der Waals surface area (Å²) in [5, 5.41) is 9.28. The fraction of sp³-hybridized carbons (Fsp3) is 0.647. The van der Waals surface area contributed by atoms with E-state index in [0.717, 1.165) is 6.42 Å². The summed E-state index contributed by atoms with van der Waals surface area (Å²) >= 11 is 0. The number of morpholine rings is 1. The maximum absolute atomic E-state index is 12.7. The number of carbonyl (C=O) groups excluding carboxylic acids is 3. The lowest BCUT2D eigenvalue weighted by Gasteiger charge is -2.45. The van der Waals surface area contributed by atoms with Gasteiger partial charge in [-0.15, -0.1) is 0 Å². The van der Waals surface area contributed by atoms with E-state index < -0.39 is 0 Å². The first kappa shape index (κ1) is 18.4. The maximum Gasteiger partial charge on any atom is 0.307 e. The van der Waals surface area contributed by atoms with Gasteiger partial charge in [-0.1, -0.05) is 0 Å². The van der Waals surface area contributed by atoms with Crippen LogP contribution in [0.2, 0.25) is 0 Å². The zero-order chi connectivity index (χ0) is 18.5. The Labute approximate surface area is 151 Å². The summed E-state index contributed by atoms with van der Waals surface area (Å²) in [6.07, 6.45) is 5.18. The molecule has 26 heavy (non-hydrogen) atoms. The third-order valence-electron chi connectivity index (χ3n) is 5.05. The van der Waals surface area contributed by atoms with Gasteiger partial charge in [-0.05, 0) is 19.3 Å². The van der Waals surface area contributed by atoms with Gasteiger partial charge in [0.15, 0.2) is 0 Å². The van der Waals surface area contributed by atoms with Crippen LogP contribution in [0.3, 0.4) is 0 Å². The highest BCUT2D eigenvalue weighted by atomic mass is 16.5. The van der Waals surface area contributed by atoms with Crippen LogP contribution < -0.4 is 5.32 Å². The van der Waals surface area contributed by atoms with E-state index in [1.807, 2.05) is 0 Å².